The highest BCUT2D eigenvalue weighted by Gasteiger charge is 2.23. The van der Waals surface area contributed by atoms with Crippen molar-refractivity contribution in [3.05, 3.63) is 23.4 Å². The van der Waals surface area contributed by atoms with Gasteiger partial charge in [0.05, 0.1) is 0 Å². The zero-order valence-corrected chi connectivity index (χ0v) is 7.92. The lowest BCUT2D eigenvalue weighted by atomic mass is 10.2. The number of nitrogens with zero attached hydrogens (tertiary/aromatic N) is 1. The van der Waals surface area contributed by atoms with Crippen molar-refractivity contribution in [2.45, 2.75) is 27.2 Å². The number of amides is 1. The number of allylic oxidation sites excluding steroid dienone is 3. The van der Waals surface area contributed by atoms with Crippen molar-refractivity contribution in [1.82, 2.24) is 4.90 Å². The average Bonchev–Trinajstić information content (AvgIpc) is 2.46. The molecule has 2 heteroatoms. The van der Waals surface area contributed by atoms with E-state index in [0.717, 1.165) is 18.7 Å². The van der Waals surface area contributed by atoms with Gasteiger partial charge in [-0.05, 0) is 25.8 Å². The highest BCUT2D eigenvalue weighted by molar-refractivity contribution is 5.77. The smallest absolute Gasteiger partial charge is 0.223 e. The molecule has 1 heterocycles. The van der Waals surface area contributed by atoms with Gasteiger partial charge in [0, 0.05) is 19.2 Å². The monoisotopic (exact) mass is 165 g/mol. The normalized spacial score (nSPS) is 24.1. The number of hydrogen-bond acceptors (Lipinski definition) is 1. The molecule has 0 unspecified atom stereocenters. The van der Waals surface area contributed by atoms with Crippen molar-refractivity contribution in [3.8, 4) is 0 Å². The van der Waals surface area contributed by atoms with Gasteiger partial charge in [0.1, 0.15) is 0 Å². The Balaban J connectivity index is 2.92. The van der Waals surface area contributed by atoms with Crippen LogP contribution in [0.4, 0.5) is 0 Å². The molecule has 1 aliphatic rings. The van der Waals surface area contributed by atoms with E-state index < -0.39 is 0 Å². The second-order valence-corrected chi connectivity index (χ2v) is 2.91. The third kappa shape index (κ3) is 1.42. The van der Waals surface area contributed by atoms with E-state index in [9.17, 15) is 4.79 Å². The van der Waals surface area contributed by atoms with Gasteiger partial charge >= 0.3 is 0 Å². The van der Waals surface area contributed by atoms with Crippen LogP contribution in [0.25, 0.3) is 0 Å². The first-order valence-corrected chi connectivity index (χ1v) is 4.30. The number of carbonyl (C=O) groups is 1. The number of rotatable bonds is 0. The van der Waals surface area contributed by atoms with Crippen LogP contribution in [-0.4, -0.2) is 17.4 Å². The van der Waals surface area contributed by atoms with Crippen molar-refractivity contribution in [3.63, 3.8) is 0 Å². The Morgan fingerprint density at radius 1 is 1.42 bits per heavy atom. The molecule has 0 aromatic heterocycles. The van der Waals surface area contributed by atoms with E-state index in [1.54, 1.807) is 6.92 Å². The summed E-state index contributed by atoms with van der Waals surface area (Å²) in [6.07, 6.45) is 5.08. The topological polar surface area (TPSA) is 20.3 Å². The summed E-state index contributed by atoms with van der Waals surface area (Å²) in [5, 5.41) is 0. The molecule has 1 rings (SSSR count). The van der Waals surface area contributed by atoms with E-state index in [0.29, 0.717) is 0 Å². The molecule has 1 aliphatic heterocycles. The summed E-state index contributed by atoms with van der Waals surface area (Å²) in [6, 6.07) is 0. The van der Waals surface area contributed by atoms with E-state index in [1.807, 2.05) is 24.8 Å². The summed E-state index contributed by atoms with van der Waals surface area (Å²) >= 11 is 0. The predicted octanol–water partition coefficient (Wildman–Crippen LogP) is 2.09. The largest absolute Gasteiger partial charge is 0.312 e. The molecule has 0 bridgehead atoms. The van der Waals surface area contributed by atoms with Crippen LogP contribution in [0.15, 0.2) is 23.4 Å². The molecule has 2 nitrogen and oxygen atoms in total. The molecule has 1 saturated heterocycles. The third-order valence-corrected chi connectivity index (χ3v) is 2.23. The Morgan fingerprint density at radius 3 is 2.50 bits per heavy atom. The zero-order chi connectivity index (χ0) is 9.14. The van der Waals surface area contributed by atoms with Crippen LogP contribution >= 0.6 is 0 Å². The van der Waals surface area contributed by atoms with E-state index in [1.165, 1.54) is 5.57 Å². The lowest BCUT2D eigenvalue weighted by Gasteiger charge is -2.14. The molecule has 12 heavy (non-hydrogen) atoms. The van der Waals surface area contributed by atoms with Crippen molar-refractivity contribution in [2.75, 3.05) is 6.54 Å². The van der Waals surface area contributed by atoms with Gasteiger partial charge in [-0.2, -0.15) is 0 Å². The quantitative estimate of drug-likeness (QED) is 0.538. The van der Waals surface area contributed by atoms with Gasteiger partial charge < -0.3 is 4.90 Å². The summed E-state index contributed by atoms with van der Waals surface area (Å²) in [4.78, 5) is 13.0. The maximum absolute atomic E-state index is 11.1. The Hall–Kier alpha value is -1.05. The number of hydrogen-bond donors (Lipinski definition) is 0. The summed E-state index contributed by atoms with van der Waals surface area (Å²) in [5.41, 5.74) is 2.37. The van der Waals surface area contributed by atoms with Gasteiger partial charge in [-0.3, -0.25) is 4.79 Å². The highest BCUT2D eigenvalue weighted by Crippen LogP contribution is 2.26. The fourth-order valence-corrected chi connectivity index (χ4v) is 1.61. The Morgan fingerprint density at radius 2 is 2.08 bits per heavy atom. The molecule has 1 fully saturated rings. The van der Waals surface area contributed by atoms with Crippen LogP contribution in [0, 0.1) is 0 Å². The van der Waals surface area contributed by atoms with Gasteiger partial charge in [0.15, 0.2) is 0 Å². The molecule has 66 valence electrons. The summed E-state index contributed by atoms with van der Waals surface area (Å²) in [5.74, 6) is 0.139. The highest BCUT2D eigenvalue weighted by atomic mass is 16.2. The molecule has 0 atom stereocenters. The van der Waals surface area contributed by atoms with Gasteiger partial charge in [-0.25, -0.2) is 0 Å². The van der Waals surface area contributed by atoms with Gasteiger partial charge in [0.25, 0.3) is 0 Å². The SMILES string of the molecule is C/C=C1/CCN(C(C)=O)/C1=C/C. The third-order valence-electron chi connectivity index (χ3n) is 2.23. The minimum Gasteiger partial charge on any atom is -0.312 e. The van der Waals surface area contributed by atoms with Crippen molar-refractivity contribution in [1.29, 1.82) is 0 Å². The summed E-state index contributed by atoms with van der Waals surface area (Å²) in [7, 11) is 0. The molecule has 1 amide bonds. The molecule has 0 aliphatic carbocycles. The van der Waals surface area contributed by atoms with Crippen LogP contribution < -0.4 is 0 Å². The van der Waals surface area contributed by atoms with E-state index in [4.69, 9.17) is 0 Å². The van der Waals surface area contributed by atoms with Crippen LogP contribution in [0.2, 0.25) is 0 Å². The second kappa shape index (κ2) is 3.57. The van der Waals surface area contributed by atoms with Gasteiger partial charge in [-0.15, -0.1) is 0 Å². The molecule has 0 saturated carbocycles. The van der Waals surface area contributed by atoms with Crippen LogP contribution in [0.3, 0.4) is 0 Å². The Labute approximate surface area is 73.6 Å². The first-order chi connectivity index (χ1) is 5.70. The van der Waals surface area contributed by atoms with E-state index in [2.05, 4.69) is 6.08 Å². The lowest BCUT2D eigenvalue weighted by molar-refractivity contribution is -0.126. The maximum atomic E-state index is 11.1. The van der Waals surface area contributed by atoms with Crippen LogP contribution in [0.5, 0.6) is 0 Å². The zero-order valence-electron chi connectivity index (χ0n) is 7.92. The Kier molecular flexibility index (Phi) is 2.69. The standard InChI is InChI=1S/C10H15NO/c1-4-9-6-7-11(8(3)12)10(9)5-2/h4-5H,6-7H2,1-3H3/b9-4-,10-5+. The van der Waals surface area contributed by atoms with Gasteiger partial charge in [-0.1, -0.05) is 12.2 Å². The Bertz CT molecular complexity index is 251. The van der Waals surface area contributed by atoms with E-state index >= 15 is 0 Å². The minimum atomic E-state index is 0.139. The van der Waals surface area contributed by atoms with Crippen molar-refractivity contribution >= 4 is 5.91 Å². The summed E-state index contributed by atoms with van der Waals surface area (Å²) < 4.78 is 0. The molecular formula is C10H15NO. The molecule has 0 aromatic carbocycles. The maximum Gasteiger partial charge on any atom is 0.223 e. The predicted molar refractivity (Wildman–Crippen MR) is 49.5 cm³/mol. The molecule has 0 aromatic rings. The molecule has 0 radical (unpaired) electrons. The first-order valence-electron chi connectivity index (χ1n) is 4.30. The number of likely N-dealkylation sites (tertiary alicyclic amines) is 1. The molecule has 0 N–H and O–H groups in total. The van der Waals surface area contributed by atoms with Gasteiger partial charge in [0.2, 0.25) is 5.91 Å². The molecular weight excluding hydrogens is 150 g/mol. The first kappa shape index (κ1) is 9.04. The fraction of sp³-hybridized carbons (Fsp3) is 0.500. The van der Waals surface area contributed by atoms with Crippen LogP contribution in [0.1, 0.15) is 27.2 Å². The average molecular weight is 165 g/mol. The minimum absolute atomic E-state index is 0.139. The van der Waals surface area contributed by atoms with Crippen molar-refractivity contribution in [2.24, 2.45) is 0 Å². The number of carbonyl (C=O) groups excluding carboxylic acids is 1. The lowest BCUT2D eigenvalue weighted by Crippen LogP contribution is -2.23. The van der Waals surface area contributed by atoms with E-state index in [-0.39, 0.29) is 5.91 Å². The fourth-order valence-electron chi connectivity index (χ4n) is 1.61. The van der Waals surface area contributed by atoms with Crippen LogP contribution in [-0.2, 0) is 4.79 Å². The summed E-state index contributed by atoms with van der Waals surface area (Å²) in [6.45, 7) is 6.44. The van der Waals surface area contributed by atoms with Crippen molar-refractivity contribution < 1.29 is 4.79 Å². The molecule has 0 spiro atoms. The second-order valence-electron chi connectivity index (χ2n) is 2.91.